The summed E-state index contributed by atoms with van der Waals surface area (Å²) in [7, 11) is 0. The Morgan fingerprint density at radius 3 is 1.38 bits per heavy atom. The van der Waals surface area contributed by atoms with Crippen molar-refractivity contribution in [3.8, 4) is 23.0 Å². The zero-order valence-electron chi connectivity index (χ0n) is 19.2. The van der Waals surface area contributed by atoms with Crippen LogP contribution in [0.25, 0.3) is 0 Å². The Balaban J connectivity index is 1.62. The molecule has 174 valence electrons. The molecule has 0 aromatic heterocycles. The maximum atomic E-state index is 6.64. The lowest BCUT2D eigenvalue weighted by Gasteiger charge is -2.19. The normalized spacial score (nSPS) is 11.0. The summed E-state index contributed by atoms with van der Waals surface area (Å²) in [6.07, 6.45) is 0. The van der Waals surface area contributed by atoms with Crippen molar-refractivity contribution in [1.82, 2.24) is 0 Å². The molecule has 0 aliphatic carbocycles. The number of hydrogen-bond donors (Lipinski definition) is 2. The Bertz CT molecular complexity index is 1210. The van der Waals surface area contributed by atoms with E-state index >= 15 is 0 Å². The Hall–Kier alpha value is -3.34. The van der Waals surface area contributed by atoms with Crippen LogP contribution in [0.2, 0.25) is 10.0 Å². The molecule has 0 aliphatic rings. The summed E-state index contributed by atoms with van der Waals surface area (Å²) >= 11 is 13.3. The molecule has 0 bridgehead atoms. The van der Waals surface area contributed by atoms with Gasteiger partial charge < -0.3 is 20.9 Å². The van der Waals surface area contributed by atoms with Crippen LogP contribution in [-0.4, -0.2) is 0 Å². The first-order valence-electron chi connectivity index (χ1n) is 10.9. The second-order valence-electron chi connectivity index (χ2n) is 8.30. The summed E-state index contributed by atoms with van der Waals surface area (Å²) in [5.41, 5.74) is 17.1. The first-order valence-corrected chi connectivity index (χ1v) is 11.6. The highest BCUT2D eigenvalue weighted by molar-refractivity contribution is 6.32. The van der Waals surface area contributed by atoms with E-state index in [1.165, 1.54) is 0 Å². The number of anilines is 2. The molecule has 6 heteroatoms. The molecule has 0 saturated heterocycles. The first-order chi connectivity index (χ1) is 16.2. The van der Waals surface area contributed by atoms with Gasteiger partial charge in [-0.25, -0.2) is 0 Å². The van der Waals surface area contributed by atoms with E-state index in [4.69, 9.17) is 44.1 Å². The van der Waals surface area contributed by atoms with Gasteiger partial charge in [-0.2, -0.15) is 0 Å². The summed E-state index contributed by atoms with van der Waals surface area (Å²) in [6, 6.07) is 22.7. The molecule has 0 heterocycles. The second-order valence-corrected chi connectivity index (χ2v) is 9.11. The average molecular weight is 493 g/mol. The molecule has 4 N–H and O–H groups in total. The molecule has 34 heavy (non-hydrogen) atoms. The smallest absolute Gasteiger partial charge is 0.150 e. The number of hydrogen-bond acceptors (Lipinski definition) is 4. The van der Waals surface area contributed by atoms with Crippen molar-refractivity contribution in [3.05, 3.63) is 105 Å². The number of ether oxygens (including phenoxy) is 2. The maximum absolute atomic E-state index is 6.64. The van der Waals surface area contributed by atoms with E-state index in [-0.39, 0.29) is 5.92 Å². The molecular weight excluding hydrogens is 467 g/mol. The van der Waals surface area contributed by atoms with Crippen molar-refractivity contribution in [1.29, 1.82) is 0 Å². The monoisotopic (exact) mass is 492 g/mol. The maximum Gasteiger partial charge on any atom is 0.150 e. The van der Waals surface area contributed by atoms with E-state index in [1.807, 2.05) is 62.4 Å². The van der Waals surface area contributed by atoms with Crippen LogP contribution in [0.5, 0.6) is 23.0 Å². The lowest BCUT2D eigenvalue weighted by molar-refractivity contribution is 0.481. The van der Waals surface area contributed by atoms with Gasteiger partial charge in [0.05, 0.1) is 21.4 Å². The van der Waals surface area contributed by atoms with Crippen LogP contribution in [-0.2, 0) is 0 Å². The van der Waals surface area contributed by atoms with Crippen molar-refractivity contribution < 1.29 is 9.47 Å². The number of halogens is 2. The molecule has 4 aromatic carbocycles. The van der Waals surface area contributed by atoms with Crippen LogP contribution < -0.4 is 20.9 Å². The molecular formula is C28H26Cl2N2O2. The minimum atomic E-state index is 0.0408. The number of aryl methyl sites for hydroxylation is 2. The molecule has 4 rings (SSSR count). The van der Waals surface area contributed by atoms with Crippen LogP contribution >= 0.6 is 23.2 Å². The topological polar surface area (TPSA) is 70.5 Å². The van der Waals surface area contributed by atoms with Gasteiger partial charge in [-0.15, -0.1) is 0 Å². The molecule has 0 saturated carbocycles. The van der Waals surface area contributed by atoms with E-state index in [0.29, 0.717) is 44.4 Å². The average Bonchev–Trinajstić information content (AvgIpc) is 2.80. The van der Waals surface area contributed by atoms with Gasteiger partial charge in [-0.3, -0.25) is 0 Å². The SMILES string of the molecule is Cc1cc(C(C)c2cc(C)c(Oc3ccccc3N)c(Cl)c2)cc(Cl)c1Oc1ccccc1N. The molecule has 4 aromatic rings. The fourth-order valence-electron chi connectivity index (χ4n) is 3.83. The summed E-state index contributed by atoms with van der Waals surface area (Å²) in [4.78, 5) is 0. The zero-order chi connectivity index (χ0) is 24.4. The molecule has 0 spiro atoms. The predicted molar refractivity (Wildman–Crippen MR) is 142 cm³/mol. The third-order valence-corrected chi connectivity index (χ3v) is 6.33. The highest BCUT2D eigenvalue weighted by Crippen LogP contribution is 2.41. The van der Waals surface area contributed by atoms with Gasteiger partial charge in [0.15, 0.2) is 0 Å². The fourth-order valence-corrected chi connectivity index (χ4v) is 4.46. The van der Waals surface area contributed by atoms with Gasteiger partial charge in [-0.1, -0.05) is 66.5 Å². The largest absolute Gasteiger partial charge is 0.453 e. The summed E-state index contributed by atoms with van der Waals surface area (Å²) in [5, 5.41) is 1.04. The summed E-state index contributed by atoms with van der Waals surface area (Å²) in [6.45, 7) is 6.05. The van der Waals surface area contributed by atoms with E-state index in [1.54, 1.807) is 12.1 Å². The highest BCUT2D eigenvalue weighted by Gasteiger charge is 2.18. The van der Waals surface area contributed by atoms with Gasteiger partial charge in [0, 0.05) is 5.92 Å². The van der Waals surface area contributed by atoms with E-state index in [2.05, 4.69) is 19.1 Å². The first kappa shape index (κ1) is 23.8. The van der Waals surface area contributed by atoms with Gasteiger partial charge in [0.25, 0.3) is 0 Å². The standard InChI is InChI=1S/C28H26Cl2N2O2/c1-16-12-19(14-21(29)27(16)33-25-10-6-4-8-23(25)31)18(3)20-13-17(2)28(22(30)15-20)34-26-11-7-5-9-24(26)32/h4-15,18H,31-32H2,1-3H3. The molecule has 0 unspecified atom stereocenters. The van der Waals surface area contributed by atoms with Crippen LogP contribution in [0.4, 0.5) is 11.4 Å². The number of nitrogen functional groups attached to an aromatic ring is 2. The quantitative estimate of drug-likeness (QED) is 0.264. The Morgan fingerprint density at radius 1 is 0.647 bits per heavy atom. The van der Waals surface area contributed by atoms with E-state index in [0.717, 1.165) is 22.3 Å². The lowest BCUT2D eigenvalue weighted by Crippen LogP contribution is -2.01. The van der Waals surface area contributed by atoms with Crippen molar-refractivity contribution in [2.24, 2.45) is 0 Å². The summed E-state index contributed by atoms with van der Waals surface area (Å²) in [5.74, 6) is 2.37. The predicted octanol–water partition coefficient (Wildman–Crippen LogP) is 8.51. The van der Waals surface area contributed by atoms with E-state index in [9.17, 15) is 0 Å². The van der Waals surface area contributed by atoms with Crippen LogP contribution in [0.15, 0.2) is 72.8 Å². The van der Waals surface area contributed by atoms with Crippen molar-refractivity contribution in [2.45, 2.75) is 26.7 Å². The molecule has 0 radical (unpaired) electrons. The van der Waals surface area contributed by atoms with Crippen molar-refractivity contribution in [3.63, 3.8) is 0 Å². The second kappa shape index (κ2) is 9.88. The molecule has 0 fully saturated rings. The highest BCUT2D eigenvalue weighted by atomic mass is 35.5. The zero-order valence-corrected chi connectivity index (χ0v) is 20.7. The van der Waals surface area contributed by atoms with Gasteiger partial charge in [-0.05, 0) is 72.5 Å². The number of rotatable bonds is 6. The third kappa shape index (κ3) is 4.93. The Labute approximate surface area is 210 Å². The Morgan fingerprint density at radius 2 is 1.03 bits per heavy atom. The fraction of sp³-hybridized carbons (Fsp3) is 0.143. The number of benzene rings is 4. The number of para-hydroxylation sites is 4. The van der Waals surface area contributed by atoms with Gasteiger partial charge in [0.2, 0.25) is 0 Å². The van der Waals surface area contributed by atoms with Crippen LogP contribution in [0, 0.1) is 13.8 Å². The van der Waals surface area contributed by atoms with Gasteiger partial charge in [0.1, 0.15) is 23.0 Å². The molecule has 0 atom stereocenters. The molecule has 4 nitrogen and oxygen atoms in total. The minimum Gasteiger partial charge on any atom is -0.453 e. The Kier molecular flexibility index (Phi) is 6.92. The van der Waals surface area contributed by atoms with Crippen molar-refractivity contribution >= 4 is 34.6 Å². The number of nitrogens with two attached hydrogens (primary N) is 2. The minimum absolute atomic E-state index is 0.0408. The molecule has 0 aliphatic heterocycles. The lowest BCUT2D eigenvalue weighted by atomic mass is 9.91. The van der Waals surface area contributed by atoms with Crippen LogP contribution in [0.1, 0.15) is 35.1 Å². The molecule has 0 amide bonds. The third-order valence-electron chi connectivity index (χ3n) is 5.77. The summed E-state index contributed by atoms with van der Waals surface area (Å²) < 4.78 is 12.1. The van der Waals surface area contributed by atoms with Crippen molar-refractivity contribution in [2.75, 3.05) is 11.5 Å². The van der Waals surface area contributed by atoms with Gasteiger partial charge >= 0.3 is 0 Å². The van der Waals surface area contributed by atoms with E-state index < -0.39 is 0 Å². The van der Waals surface area contributed by atoms with Crippen LogP contribution in [0.3, 0.4) is 0 Å².